The van der Waals surface area contributed by atoms with Gasteiger partial charge in [0.1, 0.15) is 18.3 Å². The SMILES string of the molecule is C=C(C(=O)OC)C1C=CC2OC(C)(C)OCC2O1. The van der Waals surface area contributed by atoms with E-state index < -0.39 is 17.9 Å². The summed E-state index contributed by atoms with van der Waals surface area (Å²) >= 11 is 0. The zero-order valence-corrected chi connectivity index (χ0v) is 10.8. The first kappa shape index (κ1) is 13.3. The van der Waals surface area contributed by atoms with Crippen molar-refractivity contribution in [2.75, 3.05) is 13.7 Å². The van der Waals surface area contributed by atoms with Crippen molar-refractivity contribution in [1.29, 1.82) is 0 Å². The van der Waals surface area contributed by atoms with Crippen LogP contribution in [0.25, 0.3) is 0 Å². The van der Waals surface area contributed by atoms with Crippen LogP contribution in [0.3, 0.4) is 0 Å². The lowest BCUT2D eigenvalue weighted by Crippen LogP contribution is -2.51. The molecule has 0 aromatic carbocycles. The normalized spacial score (nSPS) is 33.6. The molecule has 1 saturated heterocycles. The highest BCUT2D eigenvalue weighted by Crippen LogP contribution is 2.29. The van der Waals surface area contributed by atoms with Crippen LogP contribution in [0, 0.1) is 0 Å². The van der Waals surface area contributed by atoms with Crippen LogP contribution in [0.4, 0.5) is 0 Å². The molecule has 0 spiro atoms. The van der Waals surface area contributed by atoms with E-state index in [0.717, 1.165) is 0 Å². The van der Waals surface area contributed by atoms with Crippen LogP contribution in [0.2, 0.25) is 0 Å². The van der Waals surface area contributed by atoms with Gasteiger partial charge in [-0.2, -0.15) is 0 Å². The van der Waals surface area contributed by atoms with E-state index in [1.807, 2.05) is 19.9 Å². The van der Waals surface area contributed by atoms with Crippen molar-refractivity contribution in [2.24, 2.45) is 0 Å². The van der Waals surface area contributed by atoms with E-state index in [1.54, 1.807) is 6.08 Å². The molecule has 5 nitrogen and oxygen atoms in total. The number of rotatable bonds is 2. The maximum atomic E-state index is 11.4. The van der Waals surface area contributed by atoms with E-state index in [2.05, 4.69) is 11.3 Å². The number of hydrogen-bond acceptors (Lipinski definition) is 5. The van der Waals surface area contributed by atoms with Crippen LogP contribution < -0.4 is 0 Å². The van der Waals surface area contributed by atoms with Gasteiger partial charge < -0.3 is 18.9 Å². The Bertz CT molecular complexity index is 385. The molecule has 2 aliphatic rings. The molecule has 2 heterocycles. The molecule has 0 aromatic heterocycles. The van der Waals surface area contributed by atoms with Crippen molar-refractivity contribution in [3.8, 4) is 0 Å². The Balaban J connectivity index is 2.06. The second-order valence-electron chi connectivity index (χ2n) is 4.79. The van der Waals surface area contributed by atoms with Crippen molar-refractivity contribution in [1.82, 2.24) is 0 Å². The van der Waals surface area contributed by atoms with Gasteiger partial charge in [0.2, 0.25) is 0 Å². The van der Waals surface area contributed by atoms with Gasteiger partial charge in [0.05, 0.1) is 19.3 Å². The average molecular weight is 254 g/mol. The fraction of sp³-hybridized carbons (Fsp3) is 0.615. The fourth-order valence-electron chi connectivity index (χ4n) is 1.98. The monoisotopic (exact) mass is 254 g/mol. The molecule has 1 fully saturated rings. The summed E-state index contributed by atoms with van der Waals surface area (Å²) in [6.45, 7) is 7.82. The molecule has 0 radical (unpaired) electrons. The summed E-state index contributed by atoms with van der Waals surface area (Å²) in [6.07, 6.45) is 2.79. The molecular formula is C13H18O5. The smallest absolute Gasteiger partial charge is 0.336 e. The predicted octanol–water partition coefficient (Wildman–Crippen LogP) is 1.19. The summed E-state index contributed by atoms with van der Waals surface area (Å²) in [6, 6.07) is 0. The minimum absolute atomic E-state index is 0.157. The molecule has 0 aromatic rings. The minimum Gasteiger partial charge on any atom is -0.466 e. The van der Waals surface area contributed by atoms with Crippen molar-refractivity contribution < 1.29 is 23.7 Å². The molecule has 5 heteroatoms. The lowest BCUT2D eigenvalue weighted by molar-refractivity contribution is -0.304. The summed E-state index contributed by atoms with van der Waals surface area (Å²) < 4.78 is 21.6. The van der Waals surface area contributed by atoms with E-state index in [9.17, 15) is 4.79 Å². The highest BCUT2D eigenvalue weighted by atomic mass is 16.7. The Hall–Kier alpha value is -1.17. The van der Waals surface area contributed by atoms with E-state index in [1.165, 1.54) is 7.11 Å². The lowest BCUT2D eigenvalue weighted by atomic mass is 10.0. The molecule has 3 atom stereocenters. The molecular weight excluding hydrogens is 236 g/mol. The van der Waals surface area contributed by atoms with E-state index in [0.29, 0.717) is 6.61 Å². The first-order valence-corrected chi connectivity index (χ1v) is 5.85. The molecule has 2 aliphatic heterocycles. The second kappa shape index (κ2) is 4.84. The van der Waals surface area contributed by atoms with Crippen molar-refractivity contribution in [3.63, 3.8) is 0 Å². The van der Waals surface area contributed by atoms with Crippen LogP contribution >= 0.6 is 0 Å². The maximum Gasteiger partial charge on any atom is 0.336 e. The molecule has 0 saturated carbocycles. The molecule has 0 aliphatic carbocycles. The van der Waals surface area contributed by atoms with Crippen LogP contribution in [-0.2, 0) is 23.7 Å². The van der Waals surface area contributed by atoms with Crippen LogP contribution in [0.5, 0.6) is 0 Å². The van der Waals surface area contributed by atoms with Gasteiger partial charge in [-0.15, -0.1) is 0 Å². The maximum absolute atomic E-state index is 11.4. The molecule has 18 heavy (non-hydrogen) atoms. The Labute approximate surface area is 106 Å². The Morgan fingerprint density at radius 2 is 2.17 bits per heavy atom. The number of methoxy groups -OCH3 is 1. The quantitative estimate of drug-likeness (QED) is 0.421. The minimum atomic E-state index is -0.610. The summed E-state index contributed by atoms with van der Waals surface area (Å²) in [7, 11) is 1.32. The fourth-order valence-corrected chi connectivity index (χ4v) is 1.98. The summed E-state index contributed by atoms with van der Waals surface area (Å²) in [5.74, 6) is -1.08. The summed E-state index contributed by atoms with van der Waals surface area (Å²) in [5, 5.41) is 0. The van der Waals surface area contributed by atoms with Crippen molar-refractivity contribution in [2.45, 2.75) is 37.9 Å². The van der Waals surface area contributed by atoms with Gasteiger partial charge in [-0.25, -0.2) is 4.79 Å². The lowest BCUT2D eigenvalue weighted by Gasteiger charge is -2.42. The standard InChI is InChI=1S/C13H18O5/c1-8(12(14)15-4)9-5-6-10-11(17-9)7-16-13(2,3)18-10/h5-6,9-11H,1,7H2,2-4H3. The number of ether oxygens (including phenoxy) is 4. The van der Waals surface area contributed by atoms with Gasteiger partial charge in [0, 0.05) is 0 Å². The van der Waals surface area contributed by atoms with Gasteiger partial charge in [-0.3, -0.25) is 0 Å². The Morgan fingerprint density at radius 3 is 2.83 bits per heavy atom. The Morgan fingerprint density at radius 1 is 1.44 bits per heavy atom. The van der Waals surface area contributed by atoms with Crippen molar-refractivity contribution in [3.05, 3.63) is 24.3 Å². The van der Waals surface area contributed by atoms with Gasteiger partial charge in [-0.05, 0) is 13.8 Å². The summed E-state index contributed by atoms with van der Waals surface area (Å²) in [5.41, 5.74) is 0.275. The third-order valence-electron chi connectivity index (χ3n) is 2.97. The zero-order chi connectivity index (χ0) is 13.3. The average Bonchev–Trinajstić information content (AvgIpc) is 2.35. The third kappa shape index (κ3) is 2.63. The van der Waals surface area contributed by atoms with Gasteiger partial charge >= 0.3 is 5.97 Å². The van der Waals surface area contributed by atoms with Crippen molar-refractivity contribution >= 4 is 5.97 Å². The van der Waals surface area contributed by atoms with Crippen LogP contribution in [0.15, 0.2) is 24.3 Å². The highest BCUT2D eigenvalue weighted by Gasteiger charge is 2.39. The van der Waals surface area contributed by atoms with Gasteiger partial charge in [-0.1, -0.05) is 18.7 Å². The van der Waals surface area contributed by atoms with Gasteiger partial charge in [0.25, 0.3) is 0 Å². The number of carbonyl (C=O) groups is 1. The van der Waals surface area contributed by atoms with E-state index in [-0.39, 0.29) is 17.8 Å². The number of hydrogen-bond donors (Lipinski definition) is 0. The molecule has 100 valence electrons. The molecule has 0 bridgehead atoms. The van der Waals surface area contributed by atoms with E-state index >= 15 is 0 Å². The number of carbonyl (C=O) groups excluding carboxylic acids is 1. The molecule has 3 unspecified atom stereocenters. The number of esters is 1. The molecule has 0 N–H and O–H groups in total. The first-order chi connectivity index (χ1) is 8.43. The number of fused-ring (bicyclic) bond motifs is 1. The summed E-state index contributed by atoms with van der Waals surface area (Å²) in [4.78, 5) is 11.4. The molecule has 0 amide bonds. The second-order valence-corrected chi connectivity index (χ2v) is 4.79. The molecule has 2 rings (SSSR count). The van der Waals surface area contributed by atoms with Gasteiger partial charge in [0.15, 0.2) is 5.79 Å². The zero-order valence-electron chi connectivity index (χ0n) is 10.8. The third-order valence-corrected chi connectivity index (χ3v) is 2.97. The predicted molar refractivity (Wildman–Crippen MR) is 63.9 cm³/mol. The largest absolute Gasteiger partial charge is 0.466 e. The topological polar surface area (TPSA) is 54.0 Å². The van der Waals surface area contributed by atoms with E-state index in [4.69, 9.17) is 14.2 Å². The van der Waals surface area contributed by atoms with Crippen LogP contribution in [-0.4, -0.2) is 43.8 Å². The van der Waals surface area contributed by atoms with Crippen LogP contribution in [0.1, 0.15) is 13.8 Å². The highest BCUT2D eigenvalue weighted by molar-refractivity contribution is 5.89. The Kier molecular flexibility index (Phi) is 3.56. The first-order valence-electron chi connectivity index (χ1n) is 5.85.